The molecule has 134 valence electrons. The number of imidazole rings is 1. The molecule has 0 radical (unpaired) electrons. The number of H-pyrrole nitrogens is 1. The molecule has 1 aliphatic rings. The Hall–Kier alpha value is -2.18. The fourth-order valence-corrected chi connectivity index (χ4v) is 3.97. The van der Waals surface area contributed by atoms with Crippen LogP contribution in [-0.2, 0) is 0 Å². The number of hydrogen-bond donors (Lipinski definition) is 1. The zero-order valence-electron chi connectivity index (χ0n) is 14.3. The number of carbonyl (C=O) groups excluding carboxylic acids is 1. The molecule has 3 aromatic rings. The SMILES string of the molecule is O=C(CN1CCC(n2c(=O)[nH]c3ccccc32)CC1)c1ccc(Br)cc1. The summed E-state index contributed by atoms with van der Waals surface area (Å²) in [7, 11) is 0. The number of aromatic amines is 1. The number of halogens is 1. The normalized spacial score (nSPS) is 16.2. The third-order valence-corrected chi connectivity index (χ3v) is 5.61. The number of rotatable bonds is 4. The molecule has 5 nitrogen and oxygen atoms in total. The van der Waals surface area contributed by atoms with Gasteiger partial charge in [-0.2, -0.15) is 0 Å². The second-order valence-electron chi connectivity index (χ2n) is 6.75. The van der Waals surface area contributed by atoms with E-state index >= 15 is 0 Å². The van der Waals surface area contributed by atoms with Gasteiger partial charge in [0.15, 0.2) is 5.78 Å². The number of para-hydroxylation sites is 2. The lowest BCUT2D eigenvalue weighted by Gasteiger charge is -2.32. The number of ketones is 1. The molecule has 1 aliphatic heterocycles. The third-order valence-electron chi connectivity index (χ3n) is 5.08. The minimum Gasteiger partial charge on any atom is -0.306 e. The summed E-state index contributed by atoms with van der Waals surface area (Å²) in [5.41, 5.74) is 2.53. The monoisotopic (exact) mass is 413 g/mol. The Morgan fingerprint density at radius 3 is 2.50 bits per heavy atom. The zero-order valence-corrected chi connectivity index (χ0v) is 15.9. The Kier molecular flexibility index (Phi) is 4.78. The molecule has 2 heterocycles. The number of benzene rings is 2. The van der Waals surface area contributed by atoms with Crippen molar-refractivity contribution in [2.45, 2.75) is 18.9 Å². The average Bonchev–Trinajstić information content (AvgIpc) is 2.99. The second kappa shape index (κ2) is 7.21. The Balaban J connectivity index is 1.42. The van der Waals surface area contributed by atoms with Crippen molar-refractivity contribution in [3.05, 3.63) is 69.1 Å². The van der Waals surface area contributed by atoms with E-state index in [9.17, 15) is 9.59 Å². The van der Waals surface area contributed by atoms with Crippen LogP contribution in [-0.4, -0.2) is 39.9 Å². The van der Waals surface area contributed by atoms with Gasteiger partial charge >= 0.3 is 5.69 Å². The maximum Gasteiger partial charge on any atom is 0.326 e. The molecular weight excluding hydrogens is 394 g/mol. The molecule has 1 saturated heterocycles. The van der Waals surface area contributed by atoms with Gasteiger partial charge in [-0.1, -0.05) is 40.2 Å². The van der Waals surface area contributed by atoms with Crippen LogP contribution in [0.2, 0.25) is 0 Å². The Morgan fingerprint density at radius 2 is 1.77 bits per heavy atom. The van der Waals surface area contributed by atoms with Crippen LogP contribution in [0.25, 0.3) is 11.0 Å². The molecule has 0 amide bonds. The van der Waals surface area contributed by atoms with Gasteiger partial charge in [-0.05, 0) is 37.1 Å². The van der Waals surface area contributed by atoms with Crippen LogP contribution in [0.5, 0.6) is 0 Å². The van der Waals surface area contributed by atoms with Gasteiger partial charge in [0.25, 0.3) is 0 Å². The van der Waals surface area contributed by atoms with Crippen molar-refractivity contribution in [3.63, 3.8) is 0 Å². The fourth-order valence-electron chi connectivity index (χ4n) is 3.70. The van der Waals surface area contributed by atoms with Gasteiger partial charge in [-0.25, -0.2) is 4.79 Å². The summed E-state index contributed by atoms with van der Waals surface area (Å²) < 4.78 is 2.85. The molecule has 1 N–H and O–H groups in total. The number of piperidine rings is 1. The summed E-state index contributed by atoms with van der Waals surface area (Å²) >= 11 is 3.39. The van der Waals surface area contributed by atoms with Crippen LogP contribution in [0.3, 0.4) is 0 Å². The third kappa shape index (κ3) is 3.39. The molecule has 0 saturated carbocycles. The van der Waals surface area contributed by atoms with E-state index in [1.54, 1.807) is 0 Å². The van der Waals surface area contributed by atoms with Crippen molar-refractivity contribution in [2.75, 3.05) is 19.6 Å². The maximum atomic E-state index is 12.4. The van der Waals surface area contributed by atoms with E-state index in [0.717, 1.165) is 47.0 Å². The highest BCUT2D eigenvalue weighted by Gasteiger charge is 2.24. The van der Waals surface area contributed by atoms with Crippen LogP contribution in [0.15, 0.2) is 57.8 Å². The molecule has 2 aromatic carbocycles. The number of aromatic nitrogens is 2. The summed E-state index contributed by atoms with van der Waals surface area (Å²) in [5, 5.41) is 0. The van der Waals surface area contributed by atoms with Gasteiger partial charge in [0.2, 0.25) is 0 Å². The van der Waals surface area contributed by atoms with Gasteiger partial charge in [-0.3, -0.25) is 14.3 Å². The molecular formula is C20H20BrN3O2. The molecule has 4 rings (SSSR count). The number of Topliss-reactive ketones (excluding diaryl/α,β-unsaturated/α-hetero) is 1. The number of hydrogen-bond acceptors (Lipinski definition) is 3. The molecule has 0 atom stereocenters. The van der Waals surface area contributed by atoms with E-state index < -0.39 is 0 Å². The van der Waals surface area contributed by atoms with Crippen molar-refractivity contribution < 1.29 is 4.79 Å². The van der Waals surface area contributed by atoms with Crippen LogP contribution in [0.4, 0.5) is 0 Å². The highest BCUT2D eigenvalue weighted by molar-refractivity contribution is 9.10. The highest BCUT2D eigenvalue weighted by Crippen LogP contribution is 2.25. The van der Waals surface area contributed by atoms with E-state index in [2.05, 4.69) is 25.8 Å². The lowest BCUT2D eigenvalue weighted by Crippen LogP contribution is -2.39. The first-order valence-electron chi connectivity index (χ1n) is 8.82. The van der Waals surface area contributed by atoms with E-state index in [0.29, 0.717) is 6.54 Å². The van der Waals surface area contributed by atoms with E-state index in [1.165, 1.54) is 0 Å². The molecule has 0 aliphatic carbocycles. The average molecular weight is 414 g/mol. The molecule has 1 aromatic heterocycles. The summed E-state index contributed by atoms with van der Waals surface area (Å²) in [6, 6.07) is 15.5. The smallest absolute Gasteiger partial charge is 0.306 e. The molecule has 0 spiro atoms. The quantitative estimate of drug-likeness (QED) is 0.664. The van der Waals surface area contributed by atoms with Crippen LogP contribution in [0, 0.1) is 0 Å². The van der Waals surface area contributed by atoms with Crippen molar-refractivity contribution in [3.8, 4) is 0 Å². The molecule has 26 heavy (non-hydrogen) atoms. The van der Waals surface area contributed by atoms with E-state index in [-0.39, 0.29) is 17.5 Å². The van der Waals surface area contributed by atoms with Crippen molar-refractivity contribution in [1.82, 2.24) is 14.5 Å². The van der Waals surface area contributed by atoms with Crippen LogP contribution in [0.1, 0.15) is 29.2 Å². The predicted octanol–water partition coefficient (Wildman–Crippen LogP) is 3.61. The summed E-state index contributed by atoms with van der Waals surface area (Å²) in [5.74, 6) is 0.139. The topological polar surface area (TPSA) is 58.1 Å². The first-order valence-corrected chi connectivity index (χ1v) is 9.61. The van der Waals surface area contributed by atoms with Gasteiger partial charge in [-0.15, -0.1) is 0 Å². The van der Waals surface area contributed by atoms with E-state index in [4.69, 9.17) is 0 Å². The minimum absolute atomic E-state index is 0.0458. The lowest BCUT2D eigenvalue weighted by atomic mass is 10.0. The number of likely N-dealkylation sites (tertiary alicyclic amines) is 1. The van der Waals surface area contributed by atoms with Crippen molar-refractivity contribution in [1.29, 1.82) is 0 Å². The number of carbonyl (C=O) groups is 1. The van der Waals surface area contributed by atoms with Crippen LogP contribution >= 0.6 is 15.9 Å². The summed E-state index contributed by atoms with van der Waals surface area (Å²) in [6.45, 7) is 2.06. The van der Waals surface area contributed by atoms with Crippen molar-refractivity contribution in [2.24, 2.45) is 0 Å². The van der Waals surface area contributed by atoms with Gasteiger partial charge in [0, 0.05) is 29.2 Å². The standard InChI is InChI=1S/C20H20BrN3O2/c21-15-7-5-14(6-8-15)19(25)13-23-11-9-16(10-12-23)24-18-4-2-1-3-17(18)22-20(24)26/h1-8,16H,9-13H2,(H,22,26). The van der Waals surface area contributed by atoms with Gasteiger partial charge < -0.3 is 4.98 Å². The number of nitrogens with zero attached hydrogens (tertiary/aromatic N) is 2. The minimum atomic E-state index is -0.0458. The highest BCUT2D eigenvalue weighted by atomic mass is 79.9. The lowest BCUT2D eigenvalue weighted by molar-refractivity contribution is 0.0898. The first kappa shape index (κ1) is 17.2. The van der Waals surface area contributed by atoms with Crippen molar-refractivity contribution >= 4 is 32.7 Å². The molecule has 0 bridgehead atoms. The van der Waals surface area contributed by atoms with Gasteiger partial charge in [0.05, 0.1) is 17.6 Å². The van der Waals surface area contributed by atoms with Gasteiger partial charge in [0.1, 0.15) is 0 Å². The molecule has 0 unspecified atom stereocenters. The number of nitrogens with one attached hydrogen (secondary N) is 1. The molecule has 1 fully saturated rings. The Labute approximate surface area is 159 Å². The Bertz CT molecular complexity index is 982. The predicted molar refractivity (Wildman–Crippen MR) is 106 cm³/mol. The summed E-state index contributed by atoms with van der Waals surface area (Å²) in [4.78, 5) is 29.9. The van der Waals surface area contributed by atoms with Crippen LogP contribution < -0.4 is 5.69 Å². The van der Waals surface area contributed by atoms with E-state index in [1.807, 2.05) is 53.1 Å². The maximum absolute atomic E-state index is 12.4. The summed E-state index contributed by atoms with van der Waals surface area (Å²) in [6.07, 6.45) is 1.74. The largest absolute Gasteiger partial charge is 0.326 e. The molecule has 6 heteroatoms. The second-order valence-corrected chi connectivity index (χ2v) is 7.67. The Morgan fingerprint density at radius 1 is 1.08 bits per heavy atom. The number of fused-ring (bicyclic) bond motifs is 1. The first-order chi connectivity index (χ1) is 12.6. The zero-order chi connectivity index (χ0) is 18.1. The fraction of sp³-hybridized carbons (Fsp3) is 0.300.